The molecule has 5 nitrogen and oxygen atoms in total. The molecule has 0 radical (unpaired) electrons. The maximum atomic E-state index is 12.6. The first-order chi connectivity index (χ1) is 10.1. The van der Waals surface area contributed by atoms with Crippen molar-refractivity contribution in [2.24, 2.45) is 0 Å². The highest BCUT2D eigenvalue weighted by Crippen LogP contribution is 2.36. The molecule has 3 rings (SSSR count). The predicted octanol–water partition coefficient (Wildman–Crippen LogP) is 1.69. The van der Waals surface area contributed by atoms with Crippen LogP contribution < -0.4 is 10.1 Å². The van der Waals surface area contributed by atoms with Crippen LogP contribution in [0.4, 0.5) is 0 Å². The third-order valence-corrected chi connectivity index (χ3v) is 4.44. The maximum Gasteiger partial charge on any atom is 0.241 e. The van der Waals surface area contributed by atoms with E-state index in [2.05, 4.69) is 5.32 Å². The number of para-hydroxylation sites is 1. The number of nitrogens with zero attached hydrogens (tertiary/aromatic N) is 1. The lowest BCUT2D eigenvalue weighted by atomic mass is 10.1. The predicted molar refractivity (Wildman–Crippen MR) is 79.0 cm³/mol. The first-order valence-electron chi connectivity index (χ1n) is 7.46. The fourth-order valence-corrected chi connectivity index (χ4v) is 3.31. The lowest BCUT2D eigenvalue weighted by Crippen LogP contribution is -2.43. The zero-order valence-corrected chi connectivity index (χ0v) is 12.7. The highest BCUT2D eigenvalue weighted by Gasteiger charge is 2.45. The van der Waals surface area contributed by atoms with Crippen molar-refractivity contribution in [3.63, 3.8) is 0 Å². The Morgan fingerprint density at radius 2 is 2.10 bits per heavy atom. The van der Waals surface area contributed by atoms with Crippen LogP contribution in [0, 0.1) is 0 Å². The van der Waals surface area contributed by atoms with Gasteiger partial charge in [-0.15, -0.1) is 0 Å². The van der Waals surface area contributed by atoms with Gasteiger partial charge in [0.15, 0.2) is 0 Å². The van der Waals surface area contributed by atoms with Crippen LogP contribution in [0.3, 0.4) is 0 Å². The van der Waals surface area contributed by atoms with Crippen LogP contribution in [0.15, 0.2) is 24.3 Å². The Kier molecular flexibility index (Phi) is 3.87. The molecule has 2 aliphatic rings. The fourth-order valence-electron chi connectivity index (χ4n) is 3.31. The number of carbonyl (C=O) groups is 1. The van der Waals surface area contributed by atoms with E-state index in [9.17, 15) is 4.79 Å². The number of ether oxygens (including phenoxy) is 2. The Hall–Kier alpha value is -1.59. The van der Waals surface area contributed by atoms with Gasteiger partial charge >= 0.3 is 0 Å². The summed E-state index contributed by atoms with van der Waals surface area (Å²) in [6.07, 6.45) is 0.795. The summed E-state index contributed by atoms with van der Waals surface area (Å²) in [7, 11) is 1.66. The Balaban J connectivity index is 1.97. The van der Waals surface area contributed by atoms with Gasteiger partial charge in [-0.2, -0.15) is 0 Å². The number of nitrogens with one attached hydrogen (secondary N) is 1. The molecule has 0 spiro atoms. The van der Waals surface area contributed by atoms with Gasteiger partial charge in [-0.3, -0.25) is 10.1 Å². The summed E-state index contributed by atoms with van der Waals surface area (Å²) < 4.78 is 11.1. The standard InChI is InChI=1S/C16H22N2O3/c1-10-16(19)18(13-8-9-21-11(13)2)15(17-10)12-6-4-5-7-14(12)20-3/h4-7,10-11,13,15,17H,8-9H2,1-3H3. The number of carbonyl (C=O) groups excluding carboxylic acids is 1. The van der Waals surface area contributed by atoms with E-state index in [1.807, 2.05) is 43.0 Å². The van der Waals surface area contributed by atoms with E-state index >= 15 is 0 Å². The Morgan fingerprint density at radius 1 is 1.33 bits per heavy atom. The molecule has 2 saturated heterocycles. The van der Waals surface area contributed by atoms with Crippen LogP contribution in [0.5, 0.6) is 5.75 Å². The second kappa shape index (κ2) is 5.66. The SMILES string of the molecule is COc1ccccc1C1NC(C)C(=O)N1C1CCOC1C. The molecule has 4 unspecified atom stereocenters. The second-order valence-electron chi connectivity index (χ2n) is 5.71. The van der Waals surface area contributed by atoms with Gasteiger partial charge < -0.3 is 14.4 Å². The topological polar surface area (TPSA) is 50.8 Å². The lowest BCUT2D eigenvalue weighted by Gasteiger charge is -2.32. The van der Waals surface area contributed by atoms with Crippen molar-refractivity contribution >= 4 is 5.91 Å². The molecule has 2 heterocycles. The van der Waals surface area contributed by atoms with Gasteiger partial charge in [0.1, 0.15) is 11.9 Å². The average Bonchev–Trinajstić information content (AvgIpc) is 3.03. The zero-order chi connectivity index (χ0) is 15.0. The molecule has 2 fully saturated rings. The zero-order valence-electron chi connectivity index (χ0n) is 12.7. The molecule has 1 amide bonds. The number of amides is 1. The number of hydrogen-bond acceptors (Lipinski definition) is 4. The van der Waals surface area contributed by atoms with E-state index in [-0.39, 0.29) is 30.3 Å². The van der Waals surface area contributed by atoms with E-state index < -0.39 is 0 Å². The maximum absolute atomic E-state index is 12.6. The van der Waals surface area contributed by atoms with Gasteiger partial charge in [-0.05, 0) is 26.3 Å². The molecule has 0 aromatic heterocycles. The minimum atomic E-state index is -0.187. The summed E-state index contributed by atoms with van der Waals surface area (Å²) in [4.78, 5) is 14.5. The highest BCUT2D eigenvalue weighted by atomic mass is 16.5. The van der Waals surface area contributed by atoms with Gasteiger partial charge in [0.2, 0.25) is 5.91 Å². The van der Waals surface area contributed by atoms with E-state index in [0.717, 1.165) is 17.7 Å². The summed E-state index contributed by atoms with van der Waals surface area (Å²) in [6, 6.07) is 7.78. The third kappa shape index (κ3) is 2.40. The fraction of sp³-hybridized carbons (Fsp3) is 0.562. The monoisotopic (exact) mass is 290 g/mol. The number of methoxy groups -OCH3 is 1. The minimum absolute atomic E-state index is 0.0678. The molecule has 4 atom stereocenters. The van der Waals surface area contributed by atoms with E-state index in [0.29, 0.717) is 6.61 Å². The molecule has 1 aromatic rings. The molecular formula is C16H22N2O3. The van der Waals surface area contributed by atoms with Crippen LogP contribution >= 0.6 is 0 Å². The number of hydrogen-bond donors (Lipinski definition) is 1. The van der Waals surface area contributed by atoms with Crippen LogP contribution in [-0.2, 0) is 9.53 Å². The lowest BCUT2D eigenvalue weighted by molar-refractivity contribution is -0.133. The van der Waals surface area contributed by atoms with E-state index in [4.69, 9.17) is 9.47 Å². The first-order valence-corrected chi connectivity index (χ1v) is 7.46. The molecule has 1 N–H and O–H groups in total. The van der Waals surface area contributed by atoms with Crippen molar-refractivity contribution in [3.05, 3.63) is 29.8 Å². The molecule has 0 bridgehead atoms. The Bertz CT molecular complexity index is 534. The van der Waals surface area contributed by atoms with Crippen LogP contribution in [0.1, 0.15) is 32.0 Å². The van der Waals surface area contributed by atoms with Crippen LogP contribution in [0.2, 0.25) is 0 Å². The summed E-state index contributed by atoms with van der Waals surface area (Å²) in [5.41, 5.74) is 0.997. The van der Waals surface area contributed by atoms with Crippen molar-refractivity contribution in [1.29, 1.82) is 0 Å². The normalized spacial score (nSPS) is 32.7. The van der Waals surface area contributed by atoms with Crippen molar-refractivity contribution in [2.45, 2.75) is 44.6 Å². The summed E-state index contributed by atoms with van der Waals surface area (Å²) in [5.74, 6) is 0.932. The van der Waals surface area contributed by atoms with Crippen molar-refractivity contribution < 1.29 is 14.3 Å². The van der Waals surface area contributed by atoms with Crippen molar-refractivity contribution in [3.8, 4) is 5.75 Å². The molecule has 1 aromatic carbocycles. The highest BCUT2D eigenvalue weighted by molar-refractivity contribution is 5.84. The van der Waals surface area contributed by atoms with Gasteiger partial charge in [0.25, 0.3) is 0 Å². The smallest absolute Gasteiger partial charge is 0.241 e. The van der Waals surface area contributed by atoms with E-state index in [1.165, 1.54) is 0 Å². The third-order valence-electron chi connectivity index (χ3n) is 4.44. The number of benzene rings is 1. The van der Waals surface area contributed by atoms with Crippen molar-refractivity contribution in [2.75, 3.05) is 13.7 Å². The van der Waals surface area contributed by atoms with Crippen LogP contribution in [0.25, 0.3) is 0 Å². The molecule has 0 aliphatic carbocycles. The second-order valence-corrected chi connectivity index (χ2v) is 5.71. The number of rotatable bonds is 3. The Morgan fingerprint density at radius 3 is 2.76 bits per heavy atom. The Labute approximate surface area is 125 Å². The molecule has 21 heavy (non-hydrogen) atoms. The van der Waals surface area contributed by atoms with Gasteiger partial charge in [0.05, 0.1) is 25.3 Å². The largest absolute Gasteiger partial charge is 0.496 e. The first kappa shape index (κ1) is 14.4. The molecule has 114 valence electrons. The van der Waals surface area contributed by atoms with Gasteiger partial charge in [-0.1, -0.05) is 18.2 Å². The molecule has 0 saturated carbocycles. The van der Waals surface area contributed by atoms with Gasteiger partial charge in [-0.25, -0.2) is 0 Å². The quantitative estimate of drug-likeness (QED) is 0.920. The summed E-state index contributed by atoms with van der Waals surface area (Å²) >= 11 is 0. The summed E-state index contributed by atoms with van der Waals surface area (Å²) in [5, 5.41) is 3.38. The minimum Gasteiger partial charge on any atom is -0.496 e. The van der Waals surface area contributed by atoms with E-state index in [1.54, 1.807) is 7.11 Å². The average molecular weight is 290 g/mol. The molecular weight excluding hydrogens is 268 g/mol. The van der Waals surface area contributed by atoms with Gasteiger partial charge in [0, 0.05) is 12.2 Å². The van der Waals surface area contributed by atoms with Crippen molar-refractivity contribution in [1.82, 2.24) is 10.2 Å². The summed E-state index contributed by atoms with van der Waals surface area (Å²) in [6.45, 7) is 4.65. The molecule has 2 aliphatic heterocycles. The molecule has 5 heteroatoms. The van der Waals surface area contributed by atoms with Crippen LogP contribution in [-0.4, -0.2) is 42.7 Å².